The number of para-hydroxylation sites is 2. The molecule has 2 heterocycles. The van der Waals surface area contributed by atoms with Gasteiger partial charge in [-0.3, -0.25) is 9.36 Å². The summed E-state index contributed by atoms with van der Waals surface area (Å²) >= 11 is 0. The van der Waals surface area contributed by atoms with Crippen LogP contribution in [0.25, 0.3) is 11.0 Å². The average Bonchev–Trinajstić information content (AvgIpc) is 2.89. The van der Waals surface area contributed by atoms with Crippen molar-refractivity contribution in [3.05, 3.63) is 70.1 Å². The molecule has 5 nitrogen and oxygen atoms in total. The standard InChI is InChI=1S/C19H17F2N3O2/c20-14-6-5-12(8-15(14)21)7-13-9-23(10-13)18(25)11-24-17-4-2-1-3-16(17)22-19(24)26/h1-6,8,13H,7,9-11H2,(H,22,26). The van der Waals surface area contributed by atoms with E-state index in [0.29, 0.717) is 36.1 Å². The van der Waals surface area contributed by atoms with Crippen LogP contribution in [-0.2, 0) is 17.8 Å². The Balaban J connectivity index is 1.38. The lowest BCUT2D eigenvalue weighted by Crippen LogP contribution is -2.52. The van der Waals surface area contributed by atoms with Crippen molar-refractivity contribution in [2.24, 2.45) is 5.92 Å². The number of halogens is 2. The number of aromatic amines is 1. The minimum atomic E-state index is -0.858. The second kappa shape index (κ2) is 6.40. The lowest BCUT2D eigenvalue weighted by molar-refractivity contribution is -0.138. The predicted octanol–water partition coefficient (Wildman–Crippen LogP) is 2.31. The number of nitrogens with one attached hydrogen (secondary N) is 1. The highest BCUT2D eigenvalue weighted by Gasteiger charge is 2.31. The lowest BCUT2D eigenvalue weighted by atomic mass is 9.92. The molecule has 7 heteroatoms. The van der Waals surface area contributed by atoms with Crippen molar-refractivity contribution in [3.8, 4) is 0 Å². The second-order valence-electron chi connectivity index (χ2n) is 6.65. The van der Waals surface area contributed by atoms with Crippen LogP contribution in [0, 0.1) is 17.6 Å². The van der Waals surface area contributed by atoms with E-state index in [1.807, 2.05) is 12.1 Å². The quantitative estimate of drug-likeness (QED) is 0.779. The largest absolute Gasteiger partial charge is 0.340 e. The number of imidazole rings is 1. The van der Waals surface area contributed by atoms with E-state index < -0.39 is 11.6 Å². The first-order chi connectivity index (χ1) is 12.5. The lowest BCUT2D eigenvalue weighted by Gasteiger charge is -2.39. The highest BCUT2D eigenvalue weighted by atomic mass is 19.2. The molecule has 0 atom stereocenters. The number of fused-ring (bicyclic) bond motifs is 1. The third-order valence-electron chi connectivity index (χ3n) is 4.79. The number of hydrogen-bond donors (Lipinski definition) is 1. The number of benzene rings is 2. The van der Waals surface area contributed by atoms with Gasteiger partial charge in [-0.1, -0.05) is 18.2 Å². The summed E-state index contributed by atoms with van der Waals surface area (Å²) in [7, 11) is 0. The molecule has 0 aliphatic carbocycles. The van der Waals surface area contributed by atoms with Gasteiger partial charge < -0.3 is 9.88 Å². The van der Waals surface area contributed by atoms with Crippen LogP contribution in [0.2, 0.25) is 0 Å². The fraction of sp³-hybridized carbons (Fsp3) is 0.263. The summed E-state index contributed by atoms with van der Waals surface area (Å²) < 4.78 is 27.7. The van der Waals surface area contributed by atoms with Crippen molar-refractivity contribution in [3.63, 3.8) is 0 Å². The van der Waals surface area contributed by atoms with E-state index >= 15 is 0 Å². The molecule has 0 unspecified atom stereocenters. The topological polar surface area (TPSA) is 58.1 Å². The van der Waals surface area contributed by atoms with Gasteiger partial charge in [-0.25, -0.2) is 13.6 Å². The van der Waals surface area contributed by atoms with Crippen LogP contribution in [0.3, 0.4) is 0 Å². The van der Waals surface area contributed by atoms with Crippen molar-refractivity contribution >= 4 is 16.9 Å². The molecule has 134 valence electrons. The van der Waals surface area contributed by atoms with Crippen LogP contribution in [0.1, 0.15) is 5.56 Å². The third kappa shape index (κ3) is 3.00. The molecular formula is C19H17F2N3O2. The fourth-order valence-electron chi connectivity index (χ4n) is 3.40. The van der Waals surface area contributed by atoms with Crippen LogP contribution in [0.15, 0.2) is 47.3 Å². The summed E-state index contributed by atoms with van der Waals surface area (Å²) in [6.45, 7) is 1.09. The van der Waals surface area contributed by atoms with Gasteiger partial charge >= 0.3 is 5.69 Å². The Bertz CT molecular complexity index is 1030. The molecule has 1 aliphatic heterocycles. The van der Waals surface area contributed by atoms with E-state index in [-0.39, 0.29) is 24.1 Å². The maximum atomic E-state index is 13.3. The summed E-state index contributed by atoms with van der Waals surface area (Å²) in [5.41, 5.74) is 1.81. The van der Waals surface area contributed by atoms with E-state index in [0.717, 1.165) is 6.07 Å². The fourth-order valence-corrected chi connectivity index (χ4v) is 3.40. The number of carbonyl (C=O) groups is 1. The summed E-state index contributed by atoms with van der Waals surface area (Å²) in [6.07, 6.45) is 0.591. The molecule has 2 aromatic carbocycles. The SMILES string of the molecule is O=C(Cn1c(=O)[nH]c2ccccc21)N1CC(Cc2ccc(F)c(F)c2)C1. The van der Waals surface area contributed by atoms with Gasteiger partial charge in [0, 0.05) is 13.1 Å². The van der Waals surface area contributed by atoms with Gasteiger partial charge in [0.1, 0.15) is 6.54 Å². The molecule has 1 saturated heterocycles. The number of nitrogens with zero attached hydrogens (tertiary/aromatic N) is 2. The molecule has 1 amide bonds. The van der Waals surface area contributed by atoms with Crippen molar-refractivity contribution in [1.82, 2.24) is 14.5 Å². The van der Waals surface area contributed by atoms with Crippen molar-refractivity contribution < 1.29 is 13.6 Å². The summed E-state index contributed by atoms with van der Waals surface area (Å²) in [4.78, 5) is 28.9. The molecule has 3 aromatic rings. The summed E-state index contributed by atoms with van der Waals surface area (Å²) in [5.74, 6) is -1.63. The predicted molar refractivity (Wildman–Crippen MR) is 92.7 cm³/mol. The number of rotatable bonds is 4. The molecule has 0 radical (unpaired) electrons. The smallest absolute Gasteiger partial charge is 0.326 e. The van der Waals surface area contributed by atoms with Gasteiger partial charge in [-0.15, -0.1) is 0 Å². The van der Waals surface area contributed by atoms with Gasteiger partial charge in [-0.05, 0) is 42.2 Å². The molecule has 1 fully saturated rings. The zero-order valence-corrected chi connectivity index (χ0v) is 13.9. The Morgan fingerprint density at radius 1 is 1.12 bits per heavy atom. The van der Waals surface area contributed by atoms with Gasteiger partial charge in [0.25, 0.3) is 0 Å². The highest BCUT2D eigenvalue weighted by molar-refractivity contribution is 5.81. The number of carbonyl (C=O) groups excluding carboxylic acids is 1. The zero-order chi connectivity index (χ0) is 18.3. The molecule has 1 aliphatic rings. The molecule has 4 rings (SSSR count). The second-order valence-corrected chi connectivity index (χ2v) is 6.65. The number of likely N-dealkylation sites (tertiary alicyclic amines) is 1. The Morgan fingerprint density at radius 3 is 2.65 bits per heavy atom. The molecule has 0 spiro atoms. The van der Waals surface area contributed by atoms with Crippen molar-refractivity contribution in [1.29, 1.82) is 0 Å². The maximum absolute atomic E-state index is 13.3. The van der Waals surface area contributed by atoms with Crippen LogP contribution in [0.4, 0.5) is 8.78 Å². The Hall–Kier alpha value is -2.96. The van der Waals surface area contributed by atoms with E-state index in [1.165, 1.54) is 10.6 Å². The van der Waals surface area contributed by atoms with E-state index in [9.17, 15) is 18.4 Å². The normalized spacial score (nSPS) is 14.6. The number of amides is 1. The van der Waals surface area contributed by atoms with Crippen LogP contribution in [0.5, 0.6) is 0 Å². The maximum Gasteiger partial charge on any atom is 0.326 e. The highest BCUT2D eigenvalue weighted by Crippen LogP contribution is 2.22. The van der Waals surface area contributed by atoms with E-state index in [4.69, 9.17) is 0 Å². The molecule has 26 heavy (non-hydrogen) atoms. The molecule has 1 aromatic heterocycles. The van der Waals surface area contributed by atoms with Crippen LogP contribution >= 0.6 is 0 Å². The van der Waals surface area contributed by atoms with Crippen LogP contribution in [-0.4, -0.2) is 33.4 Å². The Morgan fingerprint density at radius 2 is 1.88 bits per heavy atom. The first-order valence-corrected chi connectivity index (χ1v) is 8.40. The molecule has 1 N–H and O–H groups in total. The van der Waals surface area contributed by atoms with E-state index in [2.05, 4.69) is 4.98 Å². The molecule has 0 bridgehead atoms. The zero-order valence-electron chi connectivity index (χ0n) is 13.9. The van der Waals surface area contributed by atoms with Crippen LogP contribution < -0.4 is 5.69 Å². The minimum absolute atomic E-state index is 0.0132. The van der Waals surface area contributed by atoms with Crippen molar-refractivity contribution in [2.75, 3.05) is 13.1 Å². The summed E-state index contributed by atoms with van der Waals surface area (Å²) in [6, 6.07) is 11.1. The Labute approximate surface area is 147 Å². The van der Waals surface area contributed by atoms with Crippen molar-refractivity contribution in [2.45, 2.75) is 13.0 Å². The number of aromatic nitrogens is 2. The third-order valence-corrected chi connectivity index (χ3v) is 4.79. The average molecular weight is 357 g/mol. The number of hydrogen-bond acceptors (Lipinski definition) is 2. The first-order valence-electron chi connectivity index (χ1n) is 8.40. The van der Waals surface area contributed by atoms with Gasteiger partial charge in [0.2, 0.25) is 5.91 Å². The monoisotopic (exact) mass is 357 g/mol. The van der Waals surface area contributed by atoms with Gasteiger partial charge in [-0.2, -0.15) is 0 Å². The molecular weight excluding hydrogens is 340 g/mol. The van der Waals surface area contributed by atoms with Gasteiger partial charge in [0.15, 0.2) is 11.6 Å². The minimum Gasteiger partial charge on any atom is -0.340 e. The first kappa shape index (κ1) is 16.5. The van der Waals surface area contributed by atoms with Gasteiger partial charge in [0.05, 0.1) is 11.0 Å². The summed E-state index contributed by atoms with van der Waals surface area (Å²) in [5, 5.41) is 0. The number of H-pyrrole nitrogens is 1. The Kier molecular flexibility index (Phi) is 4.06. The molecule has 0 saturated carbocycles. The van der Waals surface area contributed by atoms with E-state index in [1.54, 1.807) is 23.1 Å².